The molecule has 1 aromatic rings. The molecule has 3 rings (SSSR count). The van der Waals surface area contributed by atoms with Crippen molar-refractivity contribution in [1.82, 2.24) is 4.72 Å². The lowest BCUT2D eigenvalue weighted by Gasteiger charge is -2.18. The minimum atomic E-state index is -3.73. The smallest absolute Gasteiger partial charge is 0.331 e. The van der Waals surface area contributed by atoms with Crippen molar-refractivity contribution in [2.24, 2.45) is 0 Å². The van der Waals surface area contributed by atoms with E-state index >= 15 is 0 Å². The number of ether oxygens (including phenoxy) is 4. The SMILES string of the molecule is COC(=O)CO[C@H]1CO[C@@H]2[C@@H]1OC[C@@H]2NS(=O)(=O)c1ccc(Cl)cc1. The van der Waals surface area contributed by atoms with Crippen molar-refractivity contribution < 1.29 is 32.2 Å². The molecule has 0 unspecified atom stereocenters. The van der Waals surface area contributed by atoms with Crippen LogP contribution in [0, 0.1) is 0 Å². The third-order valence-corrected chi connectivity index (χ3v) is 5.84. The summed E-state index contributed by atoms with van der Waals surface area (Å²) >= 11 is 5.78. The summed E-state index contributed by atoms with van der Waals surface area (Å²) in [7, 11) is -2.46. The molecule has 0 amide bonds. The van der Waals surface area contributed by atoms with E-state index in [2.05, 4.69) is 9.46 Å². The summed E-state index contributed by atoms with van der Waals surface area (Å²) < 4.78 is 48.7. The number of carbonyl (C=O) groups excluding carboxylic acids is 1. The van der Waals surface area contributed by atoms with Crippen molar-refractivity contribution in [2.75, 3.05) is 26.9 Å². The Balaban J connectivity index is 1.62. The maximum atomic E-state index is 12.5. The van der Waals surface area contributed by atoms with E-state index in [-0.39, 0.29) is 24.7 Å². The van der Waals surface area contributed by atoms with Crippen molar-refractivity contribution in [3.8, 4) is 0 Å². The third-order valence-electron chi connectivity index (χ3n) is 4.08. The number of rotatable bonds is 6. The molecule has 2 aliphatic heterocycles. The number of methoxy groups -OCH3 is 1. The lowest BCUT2D eigenvalue weighted by molar-refractivity contribution is -0.150. The van der Waals surface area contributed by atoms with E-state index in [1.165, 1.54) is 31.4 Å². The molecule has 1 N–H and O–H groups in total. The highest BCUT2D eigenvalue weighted by molar-refractivity contribution is 7.89. The van der Waals surface area contributed by atoms with E-state index < -0.39 is 40.3 Å². The van der Waals surface area contributed by atoms with Crippen LogP contribution >= 0.6 is 11.6 Å². The molecule has 2 fully saturated rings. The Kier molecular flexibility index (Phi) is 5.62. The summed E-state index contributed by atoms with van der Waals surface area (Å²) in [5, 5.41) is 0.452. The number of hydrogen-bond acceptors (Lipinski definition) is 7. The zero-order valence-corrected chi connectivity index (χ0v) is 15.0. The van der Waals surface area contributed by atoms with Crippen LogP contribution in [0.2, 0.25) is 5.02 Å². The second-order valence-corrected chi connectivity index (χ2v) is 7.85. The van der Waals surface area contributed by atoms with Crippen LogP contribution in [0.4, 0.5) is 0 Å². The second-order valence-electron chi connectivity index (χ2n) is 5.70. The predicted octanol–water partition coefficient (Wildman–Crippen LogP) is 0.343. The molecule has 0 aromatic heterocycles. The molecule has 8 nitrogen and oxygen atoms in total. The van der Waals surface area contributed by atoms with Crippen molar-refractivity contribution in [1.29, 1.82) is 0 Å². The highest BCUT2D eigenvalue weighted by Crippen LogP contribution is 2.29. The van der Waals surface area contributed by atoms with Crippen LogP contribution in [0.25, 0.3) is 0 Å². The standard InChI is InChI=1S/C15H18ClNO7S/c1-21-13(18)8-22-12-7-24-14-11(6-23-15(12)14)17-25(19,20)10-4-2-9(16)3-5-10/h2-5,11-12,14-15,17H,6-8H2,1H3/t11-,12-,14-,15+/m0/s1. The van der Waals surface area contributed by atoms with Gasteiger partial charge in [0.25, 0.3) is 0 Å². The van der Waals surface area contributed by atoms with Crippen molar-refractivity contribution in [2.45, 2.75) is 29.2 Å². The van der Waals surface area contributed by atoms with Gasteiger partial charge in [0.05, 0.1) is 31.3 Å². The molecule has 4 atom stereocenters. The number of halogens is 1. The van der Waals surface area contributed by atoms with Gasteiger partial charge in [0, 0.05) is 5.02 Å². The number of hydrogen-bond donors (Lipinski definition) is 1. The van der Waals surface area contributed by atoms with Gasteiger partial charge in [0.2, 0.25) is 10.0 Å². The van der Waals surface area contributed by atoms with E-state index in [1.54, 1.807) is 0 Å². The molecule has 0 bridgehead atoms. The van der Waals surface area contributed by atoms with Crippen molar-refractivity contribution >= 4 is 27.6 Å². The lowest BCUT2D eigenvalue weighted by atomic mass is 10.1. The number of esters is 1. The van der Waals surface area contributed by atoms with Gasteiger partial charge in [-0.25, -0.2) is 17.9 Å². The number of nitrogens with one attached hydrogen (secondary N) is 1. The lowest BCUT2D eigenvalue weighted by Crippen LogP contribution is -2.44. The summed E-state index contributed by atoms with van der Waals surface area (Å²) in [6.07, 6.45) is -1.37. The maximum Gasteiger partial charge on any atom is 0.331 e. The molecule has 1 aromatic carbocycles. The van der Waals surface area contributed by atoms with E-state index in [0.717, 1.165) is 0 Å². The zero-order valence-electron chi connectivity index (χ0n) is 13.4. The van der Waals surface area contributed by atoms with E-state index in [1.807, 2.05) is 0 Å². The quantitative estimate of drug-likeness (QED) is 0.698. The minimum Gasteiger partial charge on any atom is -0.467 e. The van der Waals surface area contributed by atoms with Crippen molar-refractivity contribution in [3.05, 3.63) is 29.3 Å². The minimum absolute atomic E-state index is 0.108. The summed E-state index contributed by atoms with van der Waals surface area (Å²) in [6.45, 7) is 0.157. The van der Waals surface area contributed by atoms with E-state index in [4.69, 9.17) is 25.8 Å². The average molecular weight is 392 g/mol. The van der Waals surface area contributed by atoms with Gasteiger partial charge >= 0.3 is 5.97 Å². The van der Waals surface area contributed by atoms with E-state index in [9.17, 15) is 13.2 Å². The Morgan fingerprint density at radius 3 is 2.60 bits per heavy atom. The van der Waals surface area contributed by atoms with Crippen LogP contribution in [0.1, 0.15) is 0 Å². The predicted molar refractivity (Wildman–Crippen MR) is 86.8 cm³/mol. The first-order chi connectivity index (χ1) is 11.9. The van der Waals surface area contributed by atoms with Gasteiger partial charge in [-0.05, 0) is 24.3 Å². The van der Waals surface area contributed by atoms with Gasteiger partial charge in [0.1, 0.15) is 24.9 Å². The van der Waals surface area contributed by atoms with Crippen molar-refractivity contribution in [3.63, 3.8) is 0 Å². The first-order valence-corrected chi connectivity index (χ1v) is 9.46. The zero-order chi connectivity index (χ0) is 18.0. The molecule has 138 valence electrons. The van der Waals surface area contributed by atoms with Crippen LogP contribution in [-0.4, -0.2) is 65.7 Å². The number of sulfonamides is 1. The highest BCUT2D eigenvalue weighted by atomic mass is 35.5. The first-order valence-electron chi connectivity index (χ1n) is 7.60. The first kappa shape index (κ1) is 18.6. The Morgan fingerprint density at radius 2 is 1.92 bits per heavy atom. The fourth-order valence-corrected chi connectivity index (χ4v) is 4.18. The highest BCUT2D eigenvalue weighted by Gasteiger charge is 2.49. The summed E-state index contributed by atoms with van der Waals surface area (Å²) in [6, 6.07) is 5.32. The maximum absolute atomic E-state index is 12.5. The van der Waals surface area contributed by atoms with Gasteiger partial charge in [-0.3, -0.25) is 0 Å². The third kappa shape index (κ3) is 4.13. The molecule has 0 radical (unpaired) electrons. The largest absolute Gasteiger partial charge is 0.467 e. The molecule has 2 aliphatic rings. The summed E-state index contributed by atoms with van der Waals surface area (Å²) in [4.78, 5) is 11.3. The second kappa shape index (κ2) is 7.56. The Labute approximate surface area is 150 Å². The number of benzene rings is 1. The molecule has 2 saturated heterocycles. The van der Waals surface area contributed by atoms with Gasteiger partial charge in [-0.15, -0.1) is 0 Å². The molecule has 10 heteroatoms. The molecule has 0 saturated carbocycles. The monoisotopic (exact) mass is 391 g/mol. The van der Waals surface area contributed by atoms with Crippen LogP contribution < -0.4 is 4.72 Å². The number of carbonyl (C=O) groups is 1. The summed E-state index contributed by atoms with van der Waals surface area (Å²) in [5.41, 5.74) is 0. The Morgan fingerprint density at radius 1 is 1.24 bits per heavy atom. The van der Waals surface area contributed by atoms with Gasteiger partial charge < -0.3 is 18.9 Å². The Hall–Kier alpha value is -1.23. The van der Waals surface area contributed by atoms with Crippen LogP contribution in [0.15, 0.2) is 29.2 Å². The molecule has 0 spiro atoms. The fourth-order valence-electron chi connectivity index (χ4n) is 2.82. The normalized spacial score (nSPS) is 28.7. The topological polar surface area (TPSA) is 100 Å². The van der Waals surface area contributed by atoms with E-state index in [0.29, 0.717) is 5.02 Å². The molecular formula is C15H18ClNO7S. The van der Waals surface area contributed by atoms with Gasteiger partial charge in [-0.1, -0.05) is 11.6 Å². The molecule has 0 aliphatic carbocycles. The van der Waals surface area contributed by atoms with Gasteiger partial charge in [0.15, 0.2) is 0 Å². The molecule has 2 heterocycles. The van der Waals surface area contributed by atoms with Crippen LogP contribution in [0.3, 0.4) is 0 Å². The molecule has 25 heavy (non-hydrogen) atoms. The summed E-state index contributed by atoms with van der Waals surface area (Å²) in [5.74, 6) is -0.499. The van der Waals surface area contributed by atoms with Crippen LogP contribution in [-0.2, 0) is 33.8 Å². The molecular weight excluding hydrogens is 374 g/mol. The fraction of sp³-hybridized carbons (Fsp3) is 0.533. The number of fused-ring (bicyclic) bond motifs is 1. The average Bonchev–Trinajstić information content (AvgIpc) is 3.16. The van der Waals surface area contributed by atoms with Gasteiger partial charge in [-0.2, -0.15) is 0 Å². The Bertz CT molecular complexity index is 724. The van der Waals surface area contributed by atoms with Crippen LogP contribution in [0.5, 0.6) is 0 Å².